The van der Waals surface area contributed by atoms with E-state index in [9.17, 15) is 9.18 Å². The lowest BCUT2D eigenvalue weighted by atomic mass is 10.2. The van der Waals surface area contributed by atoms with Crippen molar-refractivity contribution >= 4 is 11.7 Å². The average Bonchev–Trinajstić information content (AvgIpc) is 2.79. The van der Waals surface area contributed by atoms with Crippen LogP contribution in [0, 0.1) is 12.7 Å². The molecule has 2 aromatic rings. The van der Waals surface area contributed by atoms with E-state index in [-0.39, 0.29) is 18.1 Å². The number of hydrogen-bond acceptors (Lipinski definition) is 4. The zero-order chi connectivity index (χ0) is 13.1. The Hall–Kier alpha value is -2.37. The molecule has 94 valence electrons. The van der Waals surface area contributed by atoms with Crippen LogP contribution >= 0.6 is 0 Å². The Morgan fingerprint density at radius 2 is 2.28 bits per heavy atom. The standard InChI is InChI=1S/C12H11FN2O3/c1-7-4-8(2-3-10(7)13)14-6-9-5-11(12(16)17)15-18-9/h2-5,14H,6H2,1H3,(H,16,17). The molecule has 0 radical (unpaired) electrons. The summed E-state index contributed by atoms with van der Waals surface area (Å²) in [5, 5.41) is 15.0. The van der Waals surface area contributed by atoms with Gasteiger partial charge in [0.1, 0.15) is 5.82 Å². The van der Waals surface area contributed by atoms with Crippen molar-refractivity contribution in [2.24, 2.45) is 0 Å². The van der Waals surface area contributed by atoms with Gasteiger partial charge in [-0.25, -0.2) is 9.18 Å². The van der Waals surface area contributed by atoms with E-state index in [1.54, 1.807) is 19.1 Å². The largest absolute Gasteiger partial charge is 0.476 e. The number of rotatable bonds is 4. The van der Waals surface area contributed by atoms with Crippen LogP contribution in [0.5, 0.6) is 0 Å². The molecule has 0 fully saturated rings. The maximum Gasteiger partial charge on any atom is 0.358 e. The second-order valence-electron chi connectivity index (χ2n) is 3.80. The van der Waals surface area contributed by atoms with Gasteiger partial charge in [0.05, 0.1) is 6.54 Å². The first-order valence-electron chi connectivity index (χ1n) is 5.25. The molecule has 0 spiro atoms. The maximum atomic E-state index is 13.0. The summed E-state index contributed by atoms with van der Waals surface area (Å²) in [6.07, 6.45) is 0. The molecule has 1 aromatic heterocycles. The molecular formula is C12H11FN2O3. The third kappa shape index (κ3) is 2.65. The Labute approximate surface area is 102 Å². The molecule has 0 saturated carbocycles. The molecule has 0 unspecified atom stereocenters. The van der Waals surface area contributed by atoms with Crippen LogP contribution in [0.4, 0.5) is 10.1 Å². The van der Waals surface area contributed by atoms with Gasteiger partial charge < -0.3 is 14.9 Å². The predicted molar refractivity (Wildman–Crippen MR) is 61.9 cm³/mol. The summed E-state index contributed by atoms with van der Waals surface area (Å²) in [6.45, 7) is 1.95. The molecule has 0 aliphatic heterocycles. The molecular weight excluding hydrogens is 239 g/mol. The normalized spacial score (nSPS) is 10.3. The predicted octanol–water partition coefficient (Wildman–Crippen LogP) is 2.43. The van der Waals surface area contributed by atoms with E-state index in [4.69, 9.17) is 9.63 Å². The minimum absolute atomic E-state index is 0.137. The van der Waals surface area contributed by atoms with Crippen LogP contribution < -0.4 is 5.32 Å². The molecule has 1 heterocycles. The molecule has 0 bridgehead atoms. The first kappa shape index (κ1) is 12.1. The Bertz CT molecular complexity index is 580. The number of benzene rings is 1. The number of carboxylic acid groups (broad SMARTS) is 1. The first-order valence-corrected chi connectivity index (χ1v) is 5.25. The molecule has 0 saturated heterocycles. The second kappa shape index (κ2) is 4.87. The highest BCUT2D eigenvalue weighted by Crippen LogP contribution is 2.15. The van der Waals surface area contributed by atoms with E-state index >= 15 is 0 Å². The first-order chi connectivity index (χ1) is 8.56. The SMILES string of the molecule is Cc1cc(NCc2cc(C(=O)O)no2)ccc1F. The molecule has 18 heavy (non-hydrogen) atoms. The van der Waals surface area contributed by atoms with Gasteiger partial charge in [0.2, 0.25) is 0 Å². The van der Waals surface area contributed by atoms with Crippen LogP contribution in [-0.2, 0) is 6.54 Å². The number of anilines is 1. The van der Waals surface area contributed by atoms with Crippen LogP contribution in [0.2, 0.25) is 0 Å². The quantitative estimate of drug-likeness (QED) is 0.871. The van der Waals surface area contributed by atoms with Gasteiger partial charge >= 0.3 is 5.97 Å². The number of aryl methyl sites for hydroxylation is 1. The van der Waals surface area contributed by atoms with Crippen molar-refractivity contribution in [3.8, 4) is 0 Å². The lowest BCUT2D eigenvalue weighted by Gasteiger charge is -2.05. The maximum absolute atomic E-state index is 13.0. The minimum atomic E-state index is -1.14. The molecule has 0 amide bonds. The molecule has 0 aliphatic rings. The average molecular weight is 250 g/mol. The fourth-order valence-corrected chi connectivity index (χ4v) is 1.44. The van der Waals surface area contributed by atoms with E-state index in [1.165, 1.54) is 12.1 Å². The summed E-state index contributed by atoms with van der Waals surface area (Å²) < 4.78 is 17.9. The highest BCUT2D eigenvalue weighted by atomic mass is 19.1. The lowest BCUT2D eigenvalue weighted by Crippen LogP contribution is -1.99. The number of nitrogens with zero attached hydrogens (tertiary/aromatic N) is 1. The van der Waals surface area contributed by atoms with Gasteiger partial charge in [-0.1, -0.05) is 5.16 Å². The van der Waals surface area contributed by atoms with E-state index in [0.717, 1.165) is 5.69 Å². The van der Waals surface area contributed by atoms with Crippen molar-refractivity contribution in [1.29, 1.82) is 0 Å². The number of aromatic carboxylic acids is 1. The highest BCUT2D eigenvalue weighted by molar-refractivity contribution is 5.85. The Morgan fingerprint density at radius 1 is 1.50 bits per heavy atom. The van der Waals surface area contributed by atoms with Gasteiger partial charge in [0, 0.05) is 11.8 Å². The number of hydrogen-bond donors (Lipinski definition) is 2. The molecule has 1 aromatic carbocycles. The number of aromatic nitrogens is 1. The third-order valence-electron chi connectivity index (χ3n) is 2.40. The van der Waals surface area contributed by atoms with Crippen LogP contribution in [-0.4, -0.2) is 16.2 Å². The van der Waals surface area contributed by atoms with Crippen molar-refractivity contribution in [3.63, 3.8) is 0 Å². The van der Waals surface area contributed by atoms with Crippen LogP contribution in [0.1, 0.15) is 21.8 Å². The summed E-state index contributed by atoms with van der Waals surface area (Å²) in [6, 6.07) is 5.95. The van der Waals surface area contributed by atoms with Gasteiger partial charge in [0.25, 0.3) is 0 Å². The van der Waals surface area contributed by atoms with E-state index in [1.807, 2.05) is 0 Å². The lowest BCUT2D eigenvalue weighted by molar-refractivity contribution is 0.0685. The zero-order valence-corrected chi connectivity index (χ0v) is 9.61. The number of carboxylic acids is 1. The summed E-state index contributed by atoms with van der Waals surface area (Å²) in [5.41, 5.74) is 1.12. The minimum Gasteiger partial charge on any atom is -0.476 e. The van der Waals surface area contributed by atoms with Crippen LogP contribution in [0.3, 0.4) is 0 Å². The van der Waals surface area contributed by atoms with Crippen molar-refractivity contribution in [2.45, 2.75) is 13.5 Å². The molecule has 2 rings (SSSR count). The summed E-state index contributed by atoms with van der Waals surface area (Å²) in [5.74, 6) is -1.01. The topological polar surface area (TPSA) is 75.4 Å². The van der Waals surface area contributed by atoms with Crippen molar-refractivity contribution < 1.29 is 18.8 Å². The Morgan fingerprint density at radius 3 is 2.89 bits per heavy atom. The smallest absolute Gasteiger partial charge is 0.358 e. The van der Waals surface area contributed by atoms with Gasteiger partial charge in [0.15, 0.2) is 11.5 Å². The molecule has 2 N–H and O–H groups in total. The summed E-state index contributed by atoms with van der Waals surface area (Å²) >= 11 is 0. The van der Waals surface area contributed by atoms with Crippen molar-refractivity contribution in [3.05, 3.63) is 47.1 Å². The summed E-state index contributed by atoms with van der Waals surface area (Å²) in [4.78, 5) is 10.6. The van der Waals surface area contributed by atoms with E-state index in [0.29, 0.717) is 11.3 Å². The van der Waals surface area contributed by atoms with Crippen LogP contribution in [0.25, 0.3) is 0 Å². The fraction of sp³-hybridized carbons (Fsp3) is 0.167. The van der Waals surface area contributed by atoms with Gasteiger partial charge in [-0.2, -0.15) is 0 Å². The number of nitrogens with one attached hydrogen (secondary N) is 1. The Kier molecular flexibility index (Phi) is 3.27. The molecule has 5 nitrogen and oxygen atoms in total. The number of halogens is 1. The van der Waals surface area contributed by atoms with Crippen molar-refractivity contribution in [2.75, 3.05) is 5.32 Å². The van der Waals surface area contributed by atoms with Gasteiger partial charge in [-0.05, 0) is 30.7 Å². The van der Waals surface area contributed by atoms with Gasteiger partial charge in [-0.15, -0.1) is 0 Å². The van der Waals surface area contributed by atoms with Gasteiger partial charge in [-0.3, -0.25) is 0 Å². The zero-order valence-electron chi connectivity index (χ0n) is 9.61. The van der Waals surface area contributed by atoms with Crippen molar-refractivity contribution in [1.82, 2.24) is 5.16 Å². The molecule has 6 heteroatoms. The highest BCUT2D eigenvalue weighted by Gasteiger charge is 2.10. The monoisotopic (exact) mass is 250 g/mol. The second-order valence-corrected chi connectivity index (χ2v) is 3.80. The molecule has 0 aliphatic carbocycles. The van der Waals surface area contributed by atoms with E-state index < -0.39 is 5.97 Å². The Balaban J connectivity index is 2.02. The van der Waals surface area contributed by atoms with Crippen LogP contribution in [0.15, 0.2) is 28.8 Å². The number of carbonyl (C=O) groups is 1. The molecule has 0 atom stereocenters. The summed E-state index contributed by atoms with van der Waals surface area (Å²) in [7, 11) is 0. The van der Waals surface area contributed by atoms with E-state index in [2.05, 4.69) is 10.5 Å². The third-order valence-corrected chi connectivity index (χ3v) is 2.40. The fourth-order valence-electron chi connectivity index (χ4n) is 1.44.